The van der Waals surface area contributed by atoms with Crippen LogP contribution < -0.4 is 15.2 Å². The topological polar surface area (TPSA) is 211 Å². The third kappa shape index (κ3) is 21.2. The molecule has 0 spiro atoms. The zero-order valence-corrected chi connectivity index (χ0v) is 42.7. The highest BCUT2D eigenvalue weighted by molar-refractivity contribution is 6.61. The Morgan fingerprint density at radius 3 is 1.45 bits per heavy atom. The second-order valence-electron chi connectivity index (χ2n) is 15.0. The Labute approximate surface area is 443 Å². The van der Waals surface area contributed by atoms with Gasteiger partial charge in [0.15, 0.2) is 0 Å². The number of imidazole rings is 1. The highest BCUT2D eigenvalue weighted by atomic mass is 35.5. The molecule has 0 radical (unpaired) electrons. The second-order valence-corrected chi connectivity index (χ2v) is 17.8. The van der Waals surface area contributed by atoms with Gasteiger partial charge in [0.05, 0.1) is 20.9 Å². The first kappa shape index (κ1) is 57.8. The van der Waals surface area contributed by atoms with E-state index in [0.29, 0.717) is 68.8 Å². The van der Waals surface area contributed by atoms with Crippen molar-refractivity contribution in [2.75, 3.05) is 6.54 Å². The number of nitrogens with two attached hydrogens (primary N) is 1. The Hall–Kier alpha value is -5.81. The van der Waals surface area contributed by atoms with E-state index in [9.17, 15) is 34.6 Å². The van der Waals surface area contributed by atoms with Gasteiger partial charge >= 0.3 is 11.4 Å². The predicted octanol–water partition coefficient (Wildman–Crippen LogP) is 15.1. The molecule has 7 rings (SSSR count). The lowest BCUT2D eigenvalue weighted by molar-refractivity contribution is -0.385. The number of halogens is 7. The molecule has 71 heavy (non-hydrogen) atoms. The summed E-state index contributed by atoms with van der Waals surface area (Å²) in [5.74, 6) is 1.17. The van der Waals surface area contributed by atoms with Crippen molar-refractivity contribution < 1.29 is 33.7 Å². The Balaban J connectivity index is 0.000000216. The van der Waals surface area contributed by atoms with Crippen molar-refractivity contribution in [1.82, 2.24) is 9.97 Å². The van der Waals surface area contributed by atoms with Crippen LogP contribution in [0.5, 0.6) is 11.5 Å². The zero-order valence-electron chi connectivity index (χ0n) is 37.4. The van der Waals surface area contributed by atoms with Gasteiger partial charge in [-0.25, -0.2) is 9.78 Å². The molecule has 14 nitrogen and oxygen atoms in total. The third-order valence-electron chi connectivity index (χ3n) is 9.79. The molecule has 21 heteroatoms. The van der Waals surface area contributed by atoms with E-state index in [1.54, 1.807) is 24.3 Å². The third-order valence-corrected chi connectivity index (χ3v) is 11.6. The molecule has 7 aromatic rings. The zero-order chi connectivity index (χ0) is 51.9. The van der Waals surface area contributed by atoms with Crippen LogP contribution in [0, 0.1) is 20.2 Å². The van der Waals surface area contributed by atoms with E-state index in [1.165, 1.54) is 48.5 Å². The Kier molecular flexibility index (Phi) is 24.5. The molecule has 0 aliphatic carbocycles. The fourth-order valence-electron chi connectivity index (χ4n) is 6.28. The van der Waals surface area contributed by atoms with Crippen LogP contribution in [0.4, 0.5) is 16.2 Å². The normalized spacial score (nSPS) is 10.4. The highest BCUT2D eigenvalue weighted by Gasteiger charge is 2.11. The van der Waals surface area contributed by atoms with E-state index >= 15 is 0 Å². The van der Waals surface area contributed by atoms with Gasteiger partial charge in [0.1, 0.15) is 23.1 Å². The Morgan fingerprint density at radius 1 is 0.563 bits per heavy atom. The van der Waals surface area contributed by atoms with Crippen LogP contribution in [-0.2, 0) is 35.3 Å². The maximum atomic E-state index is 12.1. The van der Waals surface area contributed by atoms with Crippen LogP contribution in [0.2, 0.25) is 30.1 Å². The summed E-state index contributed by atoms with van der Waals surface area (Å²) < 4.78 is 9.57. The van der Waals surface area contributed by atoms with Gasteiger partial charge in [-0.1, -0.05) is 99.9 Å². The Bertz CT molecular complexity index is 2870. The van der Waals surface area contributed by atoms with Gasteiger partial charge in [0, 0.05) is 91.7 Å². The summed E-state index contributed by atoms with van der Waals surface area (Å²) in [5, 5.41) is 24.5. The molecule has 0 aliphatic heterocycles. The summed E-state index contributed by atoms with van der Waals surface area (Å²) in [6.45, 7) is 0.612. The van der Waals surface area contributed by atoms with Crippen molar-refractivity contribution in [3.05, 3.63) is 200 Å². The average Bonchev–Trinajstić information content (AvgIpc) is 3.75. The van der Waals surface area contributed by atoms with Gasteiger partial charge in [-0.3, -0.25) is 29.8 Å². The van der Waals surface area contributed by atoms with Gasteiger partial charge in [0.2, 0.25) is 0 Å². The minimum absolute atomic E-state index is 0.0535. The highest BCUT2D eigenvalue weighted by Crippen LogP contribution is 2.25. The number of hydrogen-bond donors (Lipinski definition) is 2. The van der Waals surface area contributed by atoms with E-state index in [-0.39, 0.29) is 35.1 Å². The minimum atomic E-state index is -0.978. The van der Waals surface area contributed by atoms with Gasteiger partial charge in [-0.05, 0) is 128 Å². The number of H-pyrrole nitrogens is 1. The molecule has 0 unspecified atom stereocenters. The number of nitrogens with one attached hydrogen (secondary N) is 1. The molecule has 1 aromatic heterocycles. The average molecular weight is 1110 g/mol. The molecule has 372 valence electrons. The smallest absolute Gasteiger partial charge is 0.409 e. The fourth-order valence-corrected chi connectivity index (χ4v) is 7.88. The number of para-hydroxylation sites is 2. The van der Waals surface area contributed by atoms with Crippen LogP contribution in [0.25, 0.3) is 11.0 Å². The van der Waals surface area contributed by atoms with Gasteiger partial charge in [-0.15, -0.1) is 0 Å². The summed E-state index contributed by atoms with van der Waals surface area (Å²) in [6, 6.07) is 34.4. The molecule has 0 saturated carbocycles. The van der Waals surface area contributed by atoms with Crippen LogP contribution in [-0.4, -0.2) is 43.5 Å². The van der Waals surface area contributed by atoms with Crippen LogP contribution in [0.3, 0.4) is 0 Å². The van der Waals surface area contributed by atoms with Gasteiger partial charge in [0.25, 0.3) is 11.4 Å². The number of ether oxygens (including phenoxy) is 2. The number of aromatic amines is 1. The lowest BCUT2D eigenvalue weighted by Gasteiger charge is -2.06. The first-order valence-electron chi connectivity index (χ1n) is 21.4. The number of benzene rings is 6. The lowest BCUT2D eigenvalue weighted by atomic mass is 10.0. The molecule has 0 aliphatic rings. The number of nitro groups is 2. The minimum Gasteiger partial charge on any atom is -0.427 e. The molecule has 0 bridgehead atoms. The summed E-state index contributed by atoms with van der Waals surface area (Å²) in [7, 11) is 0. The number of carbonyl (C=O) groups excluding carboxylic acids is 3. The molecule has 6 aromatic carbocycles. The molecule has 0 atom stereocenters. The maximum absolute atomic E-state index is 12.1. The number of nitro benzene ring substituents is 2. The van der Waals surface area contributed by atoms with Crippen LogP contribution in [0.15, 0.2) is 127 Å². The number of aromatic nitrogens is 2. The molecule has 0 saturated heterocycles. The summed E-state index contributed by atoms with van der Waals surface area (Å²) in [6.07, 6.45) is 5.51. The molecule has 3 N–H and O–H groups in total. The summed E-state index contributed by atoms with van der Waals surface area (Å²) in [4.78, 5) is 61.5. The number of rotatable bonds is 17. The number of fused-ring (bicyclic) bond motifs is 1. The van der Waals surface area contributed by atoms with Crippen molar-refractivity contribution in [2.24, 2.45) is 5.73 Å². The van der Waals surface area contributed by atoms with E-state index in [4.69, 9.17) is 91.7 Å². The number of nitrogens with zero attached hydrogens (tertiary/aromatic N) is 3. The van der Waals surface area contributed by atoms with E-state index < -0.39 is 21.2 Å². The molecule has 0 amide bonds. The summed E-state index contributed by atoms with van der Waals surface area (Å²) in [5.41, 5.74) is 9.23. The number of Topliss-reactive ketones (excluding diaryl/α,β-unsaturated/α-hetero) is 1. The number of aryl methyl sites for hydroxylation is 3. The first-order chi connectivity index (χ1) is 33.9. The largest absolute Gasteiger partial charge is 0.427 e. The first-order valence-corrected chi connectivity index (χ1v) is 24.1. The SMILES string of the molecule is NCCc1ccc(Cl)cc1Cl.O=C(CCCc1ccc(Cl)cc1Cl)CCc1nc2ccccc2[nH]1.O=C(CCCc1ccc(Cl)cc1Cl)Oc1ccc([N+](=O)[O-])cc1.O=C(Cl)Oc1ccc([N+](=O)[O-])cc1. The maximum Gasteiger partial charge on any atom is 0.409 e. The number of non-ortho nitro benzene ring substituents is 2. The number of hydrogen-bond acceptors (Lipinski definition) is 11. The van der Waals surface area contributed by atoms with Crippen LogP contribution in [0.1, 0.15) is 54.6 Å². The van der Waals surface area contributed by atoms with Crippen molar-refractivity contribution in [2.45, 2.75) is 57.8 Å². The lowest BCUT2D eigenvalue weighted by Crippen LogP contribution is -2.08. The van der Waals surface area contributed by atoms with Crippen molar-refractivity contribution >= 4 is 121 Å². The Morgan fingerprint density at radius 2 is 1.01 bits per heavy atom. The van der Waals surface area contributed by atoms with Crippen molar-refractivity contribution in [3.8, 4) is 11.5 Å². The number of ketones is 1. The number of esters is 1. The monoisotopic (exact) mass is 1100 g/mol. The quantitative estimate of drug-likeness (QED) is 0.0288. The van der Waals surface area contributed by atoms with E-state index in [2.05, 4.69) is 14.7 Å². The van der Waals surface area contributed by atoms with Gasteiger partial charge in [-0.2, -0.15) is 0 Å². The summed E-state index contributed by atoms with van der Waals surface area (Å²) >= 11 is 40.4. The second kappa shape index (κ2) is 30.2. The predicted molar refractivity (Wildman–Crippen MR) is 281 cm³/mol. The molecular weight excluding hydrogens is 1060 g/mol. The standard InChI is InChI=1S/C19H18Cl2N2O.C16H13Cl2NO4.C8H9Cl2N.C7H4ClNO4/c20-14-9-8-13(16(21)12-14)4-3-5-15(24)10-11-19-22-17-6-1-2-7-18(17)23-19;17-12-5-4-11(15(18)10-12)2-1-3-16(20)23-14-8-6-13(7-9-14)19(21)22;9-7-2-1-6(3-4-11)8(10)5-7;8-7(10)13-6-3-1-5(2-4-6)9(11)12/h1-2,6-9,12H,3-5,10-11H2,(H,22,23);4-10H,1-3H2;1-2,5H,3-4,11H2;1-4H. The number of carbonyl (C=O) groups is 3. The van der Waals surface area contributed by atoms with Crippen molar-refractivity contribution in [3.63, 3.8) is 0 Å². The molecule has 1 heterocycles. The van der Waals surface area contributed by atoms with E-state index in [0.717, 1.165) is 52.8 Å². The van der Waals surface area contributed by atoms with Crippen LogP contribution >= 0.6 is 81.2 Å². The fraction of sp³-hybridized carbons (Fsp3) is 0.200. The van der Waals surface area contributed by atoms with Gasteiger partial charge < -0.3 is 20.2 Å². The van der Waals surface area contributed by atoms with E-state index in [1.807, 2.05) is 54.6 Å². The molecular formula is C50H44Cl7N5O9. The van der Waals surface area contributed by atoms with Crippen molar-refractivity contribution in [1.29, 1.82) is 0 Å². The molecule has 0 fully saturated rings.